The van der Waals surface area contributed by atoms with Gasteiger partial charge in [0, 0.05) is 24.5 Å². The quantitative estimate of drug-likeness (QED) is 0.756. The Morgan fingerprint density at radius 2 is 2.04 bits per heavy atom. The molecular formula is C22H26FN3O. The highest BCUT2D eigenvalue weighted by Gasteiger charge is 2.25. The number of nitriles is 1. The topological polar surface area (TPSA) is 49.1 Å². The summed E-state index contributed by atoms with van der Waals surface area (Å²) in [5, 5.41) is 9.48. The summed E-state index contributed by atoms with van der Waals surface area (Å²) in [6.45, 7) is 6.11. The third kappa shape index (κ3) is 5.51. The van der Waals surface area contributed by atoms with Crippen LogP contribution in [0.3, 0.4) is 0 Å². The molecule has 4 nitrogen and oxygen atoms in total. The van der Waals surface area contributed by atoms with Crippen molar-refractivity contribution < 1.29 is 9.13 Å². The first kappa shape index (κ1) is 19.3. The molecular weight excluding hydrogens is 341 g/mol. The highest BCUT2D eigenvalue weighted by molar-refractivity contribution is 5.66. The minimum Gasteiger partial charge on any atom is -0.492 e. The van der Waals surface area contributed by atoms with Gasteiger partial charge in [-0.3, -0.25) is 4.98 Å². The lowest BCUT2D eigenvalue weighted by molar-refractivity contribution is 0.0836. The summed E-state index contributed by atoms with van der Waals surface area (Å²) in [7, 11) is 0. The van der Waals surface area contributed by atoms with Gasteiger partial charge in [-0.15, -0.1) is 0 Å². The highest BCUT2D eigenvalue weighted by Crippen LogP contribution is 2.27. The summed E-state index contributed by atoms with van der Waals surface area (Å²) in [5.74, 6) is 1.06. The summed E-state index contributed by atoms with van der Waals surface area (Å²) in [6.07, 6.45) is 5.49. The van der Waals surface area contributed by atoms with Gasteiger partial charge in [0.15, 0.2) is 0 Å². The second-order valence-electron chi connectivity index (χ2n) is 7.81. The van der Waals surface area contributed by atoms with Crippen LogP contribution in [0, 0.1) is 17.2 Å². The van der Waals surface area contributed by atoms with Gasteiger partial charge < -0.3 is 9.64 Å². The zero-order valence-corrected chi connectivity index (χ0v) is 16.0. The number of halogens is 1. The van der Waals surface area contributed by atoms with Crippen LogP contribution in [0.25, 0.3) is 11.1 Å². The van der Waals surface area contributed by atoms with Crippen molar-refractivity contribution in [3.05, 3.63) is 48.3 Å². The monoisotopic (exact) mass is 367 g/mol. The van der Waals surface area contributed by atoms with Gasteiger partial charge in [-0.2, -0.15) is 5.26 Å². The molecule has 1 aliphatic rings. The third-order valence-electron chi connectivity index (χ3n) is 4.88. The molecule has 3 rings (SSSR count). The van der Waals surface area contributed by atoms with Crippen molar-refractivity contribution >= 4 is 0 Å². The smallest absolute Gasteiger partial charge is 0.137 e. The van der Waals surface area contributed by atoms with Crippen molar-refractivity contribution in [1.82, 2.24) is 9.88 Å². The van der Waals surface area contributed by atoms with Crippen LogP contribution in [-0.2, 0) is 0 Å². The Kier molecular flexibility index (Phi) is 6.08. The Morgan fingerprint density at radius 1 is 1.26 bits per heavy atom. The first-order valence-corrected chi connectivity index (χ1v) is 9.43. The molecule has 0 amide bonds. The van der Waals surface area contributed by atoms with E-state index in [1.807, 2.05) is 30.3 Å². The van der Waals surface area contributed by atoms with Gasteiger partial charge in [-0.05, 0) is 69.5 Å². The molecule has 0 bridgehead atoms. The van der Waals surface area contributed by atoms with Crippen LogP contribution in [-0.4, -0.2) is 41.8 Å². The number of aromatic nitrogens is 1. The molecule has 0 saturated carbocycles. The van der Waals surface area contributed by atoms with E-state index in [1.54, 1.807) is 26.2 Å². The van der Waals surface area contributed by atoms with E-state index >= 15 is 0 Å². The van der Waals surface area contributed by atoms with Crippen molar-refractivity contribution in [2.24, 2.45) is 5.92 Å². The van der Waals surface area contributed by atoms with Crippen molar-refractivity contribution in [2.75, 3.05) is 26.2 Å². The number of benzene rings is 1. The first-order valence-electron chi connectivity index (χ1n) is 9.43. The van der Waals surface area contributed by atoms with Crippen LogP contribution in [0.5, 0.6) is 5.75 Å². The second kappa shape index (κ2) is 8.49. The second-order valence-corrected chi connectivity index (χ2v) is 7.81. The molecule has 1 fully saturated rings. The Bertz CT molecular complexity index is 787. The standard InChI is InChI=1S/C22H26FN3O/c1-22(2,23)16-26-10-7-17(8-11-26)15-27-21-6-5-18(12-20(21)13-24)19-4-3-9-25-14-19/h3-6,9,12,14,17H,7-8,10-11,15-16H2,1-2H3. The number of nitrogens with zero attached hydrogens (tertiary/aromatic N) is 3. The number of rotatable bonds is 6. The maximum atomic E-state index is 13.8. The largest absolute Gasteiger partial charge is 0.492 e. The molecule has 1 saturated heterocycles. The van der Waals surface area contributed by atoms with E-state index in [-0.39, 0.29) is 0 Å². The van der Waals surface area contributed by atoms with Gasteiger partial charge in [-0.25, -0.2) is 4.39 Å². The van der Waals surface area contributed by atoms with Gasteiger partial charge in [0.25, 0.3) is 0 Å². The maximum absolute atomic E-state index is 13.8. The van der Waals surface area contributed by atoms with Gasteiger partial charge in [0.05, 0.1) is 12.2 Å². The summed E-state index contributed by atoms with van der Waals surface area (Å²) < 4.78 is 19.7. The summed E-state index contributed by atoms with van der Waals surface area (Å²) >= 11 is 0. The van der Waals surface area contributed by atoms with E-state index in [9.17, 15) is 9.65 Å². The molecule has 0 atom stereocenters. The zero-order valence-electron chi connectivity index (χ0n) is 16.0. The van der Waals surface area contributed by atoms with Crippen molar-refractivity contribution in [2.45, 2.75) is 32.4 Å². The SMILES string of the molecule is CC(C)(F)CN1CCC(COc2ccc(-c3cccnc3)cc2C#N)CC1. The van der Waals surface area contributed by atoms with Gasteiger partial charge in [-0.1, -0.05) is 12.1 Å². The maximum Gasteiger partial charge on any atom is 0.137 e. The number of ether oxygens (including phenoxy) is 1. The zero-order chi connectivity index (χ0) is 19.3. The van der Waals surface area contributed by atoms with Crippen LogP contribution < -0.4 is 4.74 Å². The van der Waals surface area contributed by atoms with Crippen molar-refractivity contribution in [3.8, 4) is 22.9 Å². The van der Waals surface area contributed by atoms with Crippen molar-refractivity contribution in [3.63, 3.8) is 0 Å². The number of pyridine rings is 1. The molecule has 0 aliphatic carbocycles. The number of piperidine rings is 1. The molecule has 1 aromatic carbocycles. The lowest BCUT2D eigenvalue weighted by Gasteiger charge is -2.34. The molecule has 0 N–H and O–H groups in total. The molecule has 1 aromatic heterocycles. The Labute approximate surface area is 160 Å². The predicted molar refractivity (Wildman–Crippen MR) is 104 cm³/mol. The number of likely N-dealkylation sites (tertiary alicyclic amines) is 1. The summed E-state index contributed by atoms with van der Waals surface area (Å²) in [5.41, 5.74) is 1.31. The van der Waals surface area contributed by atoms with Crippen LogP contribution >= 0.6 is 0 Å². The average molecular weight is 367 g/mol. The minimum absolute atomic E-state index is 0.438. The first-order chi connectivity index (χ1) is 12.9. The fraction of sp³-hybridized carbons (Fsp3) is 0.455. The van der Waals surface area contributed by atoms with Crippen molar-refractivity contribution in [1.29, 1.82) is 5.26 Å². The van der Waals surface area contributed by atoms with Crippen LogP contribution in [0.4, 0.5) is 4.39 Å². The molecule has 1 aliphatic heterocycles. The lowest BCUT2D eigenvalue weighted by Crippen LogP contribution is -2.41. The van der Waals surface area contributed by atoms with Gasteiger partial charge in [0.1, 0.15) is 17.5 Å². The Hall–Kier alpha value is -2.45. The molecule has 5 heteroatoms. The average Bonchev–Trinajstić information content (AvgIpc) is 2.67. The van der Waals surface area contributed by atoms with Crippen LogP contribution in [0.15, 0.2) is 42.7 Å². The Morgan fingerprint density at radius 3 is 2.67 bits per heavy atom. The lowest BCUT2D eigenvalue weighted by atomic mass is 9.96. The van der Waals surface area contributed by atoms with Gasteiger partial charge >= 0.3 is 0 Å². The number of hydrogen-bond acceptors (Lipinski definition) is 4. The third-order valence-corrected chi connectivity index (χ3v) is 4.88. The normalized spacial score (nSPS) is 16.1. The van der Waals surface area contributed by atoms with E-state index in [0.717, 1.165) is 37.1 Å². The molecule has 0 unspecified atom stereocenters. The summed E-state index contributed by atoms with van der Waals surface area (Å²) in [6, 6.07) is 11.7. The number of hydrogen-bond donors (Lipinski definition) is 0. The minimum atomic E-state index is -1.15. The fourth-order valence-electron chi connectivity index (χ4n) is 3.51. The van der Waals surface area contributed by atoms with E-state index in [1.165, 1.54) is 0 Å². The van der Waals surface area contributed by atoms with E-state index in [0.29, 0.717) is 30.4 Å². The molecule has 142 valence electrons. The molecule has 2 heterocycles. The summed E-state index contributed by atoms with van der Waals surface area (Å²) in [4.78, 5) is 6.30. The molecule has 0 spiro atoms. The predicted octanol–water partition coefficient (Wildman–Crippen LogP) is 4.46. The Balaban J connectivity index is 1.57. The molecule has 27 heavy (non-hydrogen) atoms. The van der Waals surface area contributed by atoms with E-state index in [2.05, 4.69) is 16.0 Å². The van der Waals surface area contributed by atoms with E-state index in [4.69, 9.17) is 4.74 Å². The van der Waals surface area contributed by atoms with Crippen LogP contribution in [0.2, 0.25) is 0 Å². The fourth-order valence-corrected chi connectivity index (χ4v) is 3.51. The highest BCUT2D eigenvalue weighted by atomic mass is 19.1. The van der Waals surface area contributed by atoms with Gasteiger partial charge in [0.2, 0.25) is 0 Å². The molecule has 0 radical (unpaired) electrons. The van der Waals surface area contributed by atoms with Crippen LogP contribution in [0.1, 0.15) is 32.3 Å². The van der Waals surface area contributed by atoms with E-state index < -0.39 is 5.67 Å². The molecule has 2 aromatic rings. The number of alkyl halides is 1.